The molecule has 1 aliphatic rings. The second-order valence-corrected chi connectivity index (χ2v) is 9.85. The Morgan fingerprint density at radius 2 is 1.46 bits per heavy atom. The van der Waals surface area contributed by atoms with Crippen molar-refractivity contribution >= 4 is 17.7 Å². The van der Waals surface area contributed by atoms with Crippen LogP contribution in [0.4, 0.5) is 8.78 Å². The Bertz CT molecular complexity index is 1300. The maximum atomic E-state index is 13.6. The van der Waals surface area contributed by atoms with Gasteiger partial charge in [-0.3, -0.25) is 14.4 Å². The molecule has 0 aliphatic carbocycles. The van der Waals surface area contributed by atoms with E-state index in [-0.39, 0.29) is 23.4 Å². The van der Waals surface area contributed by atoms with Gasteiger partial charge >= 0.3 is 0 Å². The van der Waals surface area contributed by atoms with Crippen molar-refractivity contribution in [3.8, 4) is 0 Å². The van der Waals surface area contributed by atoms with Crippen LogP contribution in [0.1, 0.15) is 54.5 Å². The summed E-state index contributed by atoms with van der Waals surface area (Å²) >= 11 is 0. The molecule has 1 aliphatic heterocycles. The number of carbonyl (C=O) groups is 3. The van der Waals surface area contributed by atoms with E-state index in [4.69, 9.17) is 0 Å². The van der Waals surface area contributed by atoms with Gasteiger partial charge in [-0.2, -0.15) is 0 Å². The highest BCUT2D eigenvalue weighted by Crippen LogP contribution is 2.38. The Kier molecular flexibility index (Phi) is 8.71. The Hall–Kier alpha value is -4.11. The molecule has 4 rings (SSSR count). The molecule has 3 aromatic carbocycles. The molecule has 1 heterocycles. The fourth-order valence-corrected chi connectivity index (χ4v) is 5.00. The van der Waals surface area contributed by atoms with Crippen LogP contribution < -0.4 is 10.6 Å². The SMILES string of the molecule is C[C@H](NC(=O)[C@H](O)c1cc(F)cc(F)c1)C(=O)N[C@H]1C[C@@H](c2ccccc2)C[C@@H](c2ccccc2)N(C)C1=O. The number of aliphatic hydroxyl groups is 1. The van der Waals surface area contributed by atoms with Crippen LogP contribution in [-0.2, 0) is 14.4 Å². The molecule has 0 bridgehead atoms. The van der Waals surface area contributed by atoms with Gasteiger partial charge in [-0.25, -0.2) is 8.78 Å². The summed E-state index contributed by atoms with van der Waals surface area (Å²) in [6.45, 7) is 1.40. The first-order valence-corrected chi connectivity index (χ1v) is 12.8. The van der Waals surface area contributed by atoms with Crippen molar-refractivity contribution in [3.63, 3.8) is 0 Å². The monoisotopic (exact) mass is 535 g/mol. The lowest BCUT2D eigenvalue weighted by atomic mass is 9.86. The van der Waals surface area contributed by atoms with E-state index in [1.807, 2.05) is 60.7 Å². The van der Waals surface area contributed by atoms with Crippen molar-refractivity contribution < 1.29 is 28.3 Å². The minimum Gasteiger partial charge on any atom is -0.378 e. The Balaban J connectivity index is 1.50. The molecule has 0 saturated carbocycles. The summed E-state index contributed by atoms with van der Waals surface area (Å²) in [6, 6.07) is 19.6. The number of rotatable bonds is 7. The molecule has 204 valence electrons. The lowest BCUT2D eigenvalue weighted by Gasteiger charge is -2.29. The zero-order chi connectivity index (χ0) is 28.1. The second-order valence-electron chi connectivity index (χ2n) is 9.85. The van der Waals surface area contributed by atoms with Gasteiger partial charge in [0.05, 0.1) is 6.04 Å². The van der Waals surface area contributed by atoms with Crippen molar-refractivity contribution in [1.82, 2.24) is 15.5 Å². The molecule has 5 atom stereocenters. The Morgan fingerprint density at radius 3 is 2.05 bits per heavy atom. The predicted octanol–water partition coefficient (Wildman–Crippen LogP) is 3.77. The van der Waals surface area contributed by atoms with Gasteiger partial charge < -0.3 is 20.6 Å². The zero-order valence-corrected chi connectivity index (χ0v) is 21.7. The molecule has 39 heavy (non-hydrogen) atoms. The quantitative estimate of drug-likeness (QED) is 0.429. The summed E-state index contributed by atoms with van der Waals surface area (Å²) in [4.78, 5) is 40.8. The number of halogens is 2. The van der Waals surface area contributed by atoms with Gasteiger partial charge in [0.15, 0.2) is 6.10 Å². The van der Waals surface area contributed by atoms with Crippen molar-refractivity contribution in [3.05, 3.63) is 107 Å². The number of likely N-dealkylation sites (tertiary alicyclic amines) is 1. The summed E-state index contributed by atoms with van der Waals surface area (Å²) in [5, 5.41) is 15.4. The molecule has 9 heteroatoms. The first kappa shape index (κ1) is 27.9. The average molecular weight is 536 g/mol. The van der Waals surface area contributed by atoms with E-state index in [2.05, 4.69) is 10.6 Å². The van der Waals surface area contributed by atoms with E-state index in [9.17, 15) is 28.3 Å². The van der Waals surface area contributed by atoms with Crippen molar-refractivity contribution in [2.75, 3.05) is 7.05 Å². The van der Waals surface area contributed by atoms with E-state index in [1.54, 1.807) is 11.9 Å². The predicted molar refractivity (Wildman–Crippen MR) is 141 cm³/mol. The standard InChI is InChI=1S/C30H31F2N3O4/c1-18(33-29(38)27(36)22-13-23(31)17-24(32)14-22)28(37)34-25-15-21(19-9-5-3-6-10-19)16-26(35(2)30(25)39)20-11-7-4-8-12-20/h3-14,17-18,21,25-27,36H,15-16H2,1-2H3,(H,33,38)(H,34,37)/t18-,21+,25-,26-,27+/m0/s1. The lowest BCUT2D eigenvalue weighted by molar-refractivity contribution is -0.138. The number of benzene rings is 3. The van der Waals surface area contributed by atoms with E-state index in [0.29, 0.717) is 18.9 Å². The third-order valence-corrected chi connectivity index (χ3v) is 7.11. The summed E-state index contributed by atoms with van der Waals surface area (Å²) in [7, 11) is 1.71. The van der Waals surface area contributed by atoms with Crippen LogP contribution in [0.15, 0.2) is 78.9 Å². The molecular weight excluding hydrogens is 504 g/mol. The topological polar surface area (TPSA) is 98.7 Å². The number of carbonyl (C=O) groups excluding carboxylic acids is 3. The molecule has 0 aromatic heterocycles. The number of aliphatic hydroxyl groups excluding tert-OH is 1. The van der Waals surface area contributed by atoms with E-state index < -0.39 is 41.6 Å². The van der Waals surface area contributed by atoms with E-state index in [1.165, 1.54) is 6.92 Å². The van der Waals surface area contributed by atoms with Gasteiger partial charge in [0.25, 0.3) is 5.91 Å². The molecule has 0 unspecified atom stereocenters. The summed E-state index contributed by atoms with van der Waals surface area (Å²) in [5.41, 5.74) is 1.76. The number of amides is 3. The van der Waals surface area contributed by atoms with Crippen LogP contribution in [0.5, 0.6) is 0 Å². The van der Waals surface area contributed by atoms with Crippen molar-refractivity contribution in [2.24, 2.45) is 0 Å². The maximum Gasteiger partial charge on any atom is 0.254 e. The molecule has 3 N–H and O–H groups in total. The Labute approximate surface area is 225 Å². The largest absolute Gasteiger partial charge is 0.378 e. The molecule has 3 aromatic rings. The third-order valence-electron chi connectivity index (χ3n) is 7.11. The summed E-state index contributed by atoms with van der Waals surface area (Å²) in [6.07, 6.45) is -0.871. The minimum absolute atomic E-state index is 0.0369. The van der Waals surface area contributed by atoms with Crippen LogP contribution in [0.25, 0.3) is 0 Å². The molecule has 0 radical (unpaired) electrons. The minimum atomic E-state index is -1.88. The molecule has 0 spiro atoms. The smallest absolute Gasteiger partial charge is 0.254 e. The first-order valence-electron chi connectivity index (χ1n) is 12.8. The lowest BCUT2D eigenvalue weighted by Crippen LogP contribution is -2.53. The first-order chi connectivity index (χ1) is 18.6. The average Bonchev–Trinajstić information content (AvgIpc) is 3.05. The number of nitrogens with zero attached hydrogens (tertiary/aromatic N) is 1. The fraction of sp³-hybridized carbons (Fsp3) is 0.300. The summed E-state index contributed by atoms with van der Waals surface area (Å²) < 4.78 is 27.0. The van der Waals surface area contributed by atoms with Gasteiger partial charge in [0.1, 0.15) is 23.7 Å². The number of hydrogen-bond donors (Lipinski definition) is 3. The Morgan fingerprint density at radius 1 is 0.897 bits per heavy atom. The zero-order valence-electron chi connectivity index (χ0n) is 21.7. The van der Waals surface area contributed by atoms with Crippen LogP contribution in [0, 0.1) is 11.6 Å². The number of nitrogens with one attached hydrogen (secondary N) is 2. The van der Waals surface area contributed by atoms with Gasteiger partial charge in [0, 0.05) is 13.1 Å². The number of hydrogen-bond acceptors (Lipinski definition) is 4. The van der Waals surface area contributed by atoms with Crippen molar-refractivity contribution in [1.29, 1.82) is 0 Å². The van der Waals surface area contributed by atoms with Crippen LogP contribution >= 0.6 is 0 Å². The maximum absolute atomic E-state index is 13.6. The van der Waals surface area contributed by atoms with Crippen LogP contribution in [0.2, 0.25) is 0 Å². The van der Waals surface area contributed by atoms with Gasteiger partial charge in [-0.05, 0) is 54.5 Å². The van der Waals surface area contributed by atoms with Gasteiger partial charge in [-0.1, -0.05) is 60.7 Å². The van der Waals surface area contributed by atoms with Crippen LogP contribution in [-0.4, -0.2) is 46.9 Å². The molecule has 7 nitrogen and oxygen atoms in total. The normalized spacial score (nSPS) is 21.0. The molecule has 3 amide bonds. The highest BCUT2D eigenvalue weighted by molar-refractivity contribution is 5.93. The van der Waals surface area contributed by atoms with Gasteiger partial charge in [-0.15, -0.1) is 0 Å². The highest BCUT2D eigenvalue weighted by atomic mass is 19.1. The highest BCUT2D eigenvalue weighted by Gasteiger charge is 2.38. The summed E-state index contributed by atoms with van der Waals surface area (Å²) in [5.74, 6) is -3.81. The van der Waals surface area contributed by atoms with Gasteiger partial charge in [0.2, 0.25) is 11.8 Å². The molecule has 1 saturated heterocycles. The van der Waals surface area contributed by atoms with Crippen molar-refractivity contribution in [2.45, 2.75) is 49.9 Å². The van der Waals surface area contributed by atoms with Crippen LogP contribution in [0.3, 0.4) is 0 Å². The second kappa shape index (κ2) is 12.2. The third kappa shape index (κ3) is 6.67. The molecule has 1 fully saturated rings. The van der Waals surface area contributed by atoms with E-state index in [0.717, 1.165) is 23.3 Å². The number of likely N-dealkylation sites (N-methyl/N-ethyl adjacent to an activating group) is 1. The fourth-order valence-electron chi connectivity index (χ4n) is 5.00. The molecular formula is C30H31F2N3O4. The van der Waals surface area contributed by atoms with E-state index >= 15 is 0 Å².